The molecule has 6 nitrogen and oxygen atoms in total. The summed E-state index contributed by atoms with van der Waals surface area (Å²) >= 11 is 0. The number of imidazole rings is 1. The first kappa shape index (κ1) is 22.9. The maximum atomic E-state index is 12.6. The van der Waals surface area contributed by atoms with Crippen molar-refractivity contribution in [1.29, 1.82) is 0 Å². The van der Waals surface area contributed by atoms with Crippen LogP contribution in [0, 0.1) is 5.92 Å². The maximum absolute atomic E-state index is 12.6. The predicted molar refractivity (Wildman–Crippen MR) is 134 cm³/mol. The summed E-state index contributed by atoms with van der Waals surface area (Å²) in [6.07, 6.45) is 6.02. The zero-order chi connectivity index (χ0) is 23.8. The topological polar surface area (TPSA) is 56.6 Å². The van der Waals surface area contributed by atoms with Gasteiger partial charge in [0.1, 0.15) is 11.9 Å². The average molecular weight is 462 g/mol. The minimum atomic E-state index is -0.312. The summed E-state index contributed by atoms with van der Waals surface area (Å²) in [5.74, 6) is 1.65. The number of rotatable bonds is 4. The Hall–Kier alpha value is -2.86. The molecule has 0 saturated heterocycles. The van der Waals surface area contributed by atoms with Gasteiger partial charge in [-0.1, -0.05) is 50.1 Å². The van der Waals surface area contributed by atoms with Crippen LogP contribution in [0.4, 0.5) is 10.5 Å². The second kappa shape index (κ2) is 9.41. The van der Waals surface area contributed by atoms with E-state index in [-0.39, 0.29) is 18.2 Å². The van der Waals surface area contributed by atoms with Gasteiger partial charge in [0, 0.05) is 24.8 Å². The number of carbonyl (C=O) groups is 1. The van der Waals surface area contributed by atoms with Crippen molar-refractivity contribution in [3.05, 3.63) is 59.4 Å². The summed E-state index contributed by atoms with van der Waals surface area (Å²) in [6.45, 7) is 4.43. The Kier molecular flexibility index (Phi) is 6.34. The van der Waals surface area contributed by atoms with Crippen molar-refractivity contribution >= 4 is 22.8 Å². The number of ether oxygens (including phenoxy) is 2. The number of methoxy groups -OCH3 is 2. The van der Waals surface area contributed by atoms with Crippen molar-refractivity contribution < 1.29 is 14.3 Å². The number of aromatic nitrogens is 2. The Bertz CT molecular complexity index is 1170. The normalized spacial score (nSPS) is 23.5. The molecule has 1 aromatic heterocycles. The van der Waals surface area contributed by atoms with Crippen molar-refractivity contribution in [2.45, 2.75) is 70.6 Å². The van der Waals surface area contributed by atoms with Crippen LogP contribution in [-0.4, -0.2) is 35.9 Å². The first-order chi connectivity index (χ1) is 16.5. The molecule has 0 radical (unpaired) electrons. The minimum Gasteiger partial charge on any atom is -0.452 e. The fourth-order valence-corrected chi connectivity index (χ4v) is 6.02. The van der Waals surface area contributed by atoms with Crippen LogP contribution >= 0.6 is 0 Å². The number of nitrogens with zero attached hydrogens (tertiary/aromatic N) is 3. The molecule has 1 saturated carbocycles. The number of amides is 1. The summed E-state index contributed by atoms with van der Waals surface area (Å²) in [7, 11) is 3.21. The highest BCUT2D eigenvalue weighted by Gasteiger charge is 2.34. The molecular weight excluding hydrogens is 426 g/mol. The van der Waals surface area contributed by atoms with Gasteiger partial charge in [0.15, 0.2) is 0 Å². The second-order valence-electron chi connectivity index (χ2n) is 9.95. The molecule has 2 heterocycles. The Morgan fingerprint density at radius 2 is 1.85 bits per heavy atom. The van der Waals surface area contributed by atoms with E-state index < -0.39 is 0 Å². The van der Waals surface area contributed by atoms with Crippen molar-refractivity contribution in [1.82, 2.24) is 9.55 Å². The predicted octanol–water partition coefficient (Wildman–Crippen LogP) is 6.43. The molecule has 1 fully saturated rings. The van der Waals surface area contributed by atoms with E-state index in [1.807, 2.05) is 6.07 Å². The number of benzene rings is 2. The third-order valence-electron chi connectivity index (χ3n) is 7.70. The van der Waals surface area contributed by atoms with Gasteiger partial charge in [0.05, 0.1) is 23.8 Å². The minimum absolute atomic E-state index is 0.0918. The SMILES string of the molecule is COC(=O)N1c2ccc3c(nc(C(OC)c4ccccc4)n3C3CCCC(C)C3)c2CCC1C. The molecule has 5 rings (SSSR count). The van der Waals surface area contributed by atoms with Crippen LogP contribution in [0.25, 0.3) is 11.0 Å². The molecule has 4 unspecified atom stereocenters. The monoisotopic (exact) mass is 461 g/mol. The smallest absolute Gasteiger partial charge is 0.414 e. The quantitative estimate of drug-likeness (QED) is 0.449. The molecule has 1 amide bonds. The lowest BCUT2D eigenvalue weighted by Crippen LogP contribution is -2.42. The number of anilines is 1. The molecule has 34 heavy (non-hydrogen) atoms. The summed E-state index contributed by atoms with van der Waals surface area (Å²) in [4.78, 5) is 19.7. The highest BCUT2D eigenvalue weighted by atomic mass is 16.5. The van der Waals surface area contributed by atoms with Crippen LogP contribution < -0.4 is 4.90 Å². The lowest BCUT2D eigenvalue weighted by atomic mass is 9.86. The Labute approximate surface area is 201 Å². The van der Waals surface area contributed by atoms with E-state index >= 15 is 0 Å². The van der Waals surface area contributed by atoms with E-state index in [4.69, 9.17) is 14.5 Å². The molecule has 180 valence electrons. The number of aryl methyl sites for hydroxylation is 1. The van der Waals surface area contributed by atoms with Gasteiger partial charge in [-0.2, -0.15) is 0 Å². The van der Waals surface area contributed by atoms with Crippen LogP contribution in [0.3, 0.4) is 0 Å². The molecule has 2 aliphatic rings. The average Bonchev–Trinajstić information content (AvgIpc) is 3.24. The third kappa shape index (κ3) is 3.88. The first-order valence-corrected chi connectivity index (χ1v) is 12.5. The van der Waals surface area contributed by atoms with Gasteiger partial charge in [0.2, 0.25) is 0 Å². The van der Waals surface area contributed by atoms with E-state index in [0.29, 0.717) is 12.0 Å². The molecule has 0 bridgehead atoms. The van der Waals surface area contributed by atoms with Crippen LogP contribution in [0.5, 0.6) is 0 Å². The zero-order valence-corrected chi connectivity index (χ0v) is 20.7. The Balaban J connectivity index is 1.72. The van der Waals surface area contributed by atoms with Crippen molar-refractivity contribution in [3.8, 4) is 0 Å². The largest absolute Gasteiger partial charge is 0.452 e. The van der Waals surface area contributed by atoms with Crippen LogP contribution in [0.15, 0.2) is 42.5 Å². The van der Waals surface area contributed by atoms with Crippen molar-refractivity contribution in [2.24, 2.45) is 5.92 Å². The van der Waals surface area contributed by atoms with Crippen molar-refractivity contribution in [3.63, 3.8) is 0 Å². The van der Waals surface area contributed by atoms with Gasteiger partial charge < -0.3 is 14.0 Å². The van der Waals surface area contributed by atoms with Gasteiger partial charge in [-0.3, -0.25) is 4.90 Å². The van der Waals surface area contributed by atoms with E-state index in [1.54, 1.807) is 12.0 Å². The molecule has 0 spiro atoms. The van der Waals surface area contributed by atoms with Gasteiger partial charge in [0.25, 0.3) is 0 Å². The highest BCUT2D eigenvalue weighted by molar-refractivity contribution is 5.95. The Morgan fingerprint density at radius 1 is 1.06 bits per heavy atom. The number of carbonyl (C=O) groups excluding carboxylic acids is 1. The number of fused-ring (bicyclic) bond motifs is 3. The molecule has 3 aromatic rings. The molecule has 1 aliphatic carbocycles. The van der Waals surface area contributed by atoms with E-state index in [9.17, 15) is 4.79 Å². The van der Waals surface area contributed by atoms with Crippen LogP contribution in [0.1, 0.15) is 75.0 Å². The van der Waals surface area contributed by atoms with E-state index in [0.717, 1.165) is 59.4 Å². The molecule has 0 N–H and O–H groups in total. The second-order valence-corrected chi connectivity index (χ2v) is 9.95. The lowest BCUT2D eigenvalue weighted by Gasteiger charge is -2.34. The van der Waals surface area contributed by atoms with Crippen LogP contribution in [-0.2, 0) is 15.9 Å². The van der Waals surface area contributed by atoms with Gasteiger partial charge >= 0.3 is 6.09 Å². The van der Waals surface area contributed by atoms with Crippen LogP contribution in [0.2, 0.25) is 0 Å². The van der Waals surface area contributed by atoms with Crippen molar-refractivity contribution in [2.75, 3.05) is 19.1 Å². The maximum Gasteiger partial charge on any atom is 0.414 e. The highest BCUT2D eigenvalue weighted by Crippen LogP contribution is 2.42. The first-order valence-electron chi connectivity index (χ1n) is 12.5. The Morgan fingerprint density at radius 3 is 2.56 bits per heavy atom. The number of hydrogen-bond acceptors (Lipinski definition) is 4. The fourth-order valence-electron chi connectivity index (χ4n) is 6.02. The number of hydrogen-bond donors (Lipinski definition) is 0. The summed E-state index contributed by atoms with van der Waals surface area (Å²) in [6, 6.07) is 15.1. The summed E-state index contributed by atoms with van der Waals surface area (Å²) in [5, 5.41) is 0. The third-order valence-corrected chi connectivity index (χ3v) is 7.70. The molecular formula is C28H35N3O3. The summed E-state index contributed by atoms with van der Waals surface area (Å²) < 4.78 is 13.7. The molecule has 2 aromatic carbocycles. The van der Waals surface area contributed by atoms with E-state index in [2.05, 4.69) is 54.8 Å². The lowest BCUT2D eigenvalue weighted by molar-refractivity contribution is 0.122. The zero-order valence-electron chi connectivity index (χ0n) is 20.7. The van der Waals surface area contributed by atoms with Gasteiger partial charge in [-0.05, 0) is 56.2 Å². The van der Waals surface area contributed by atoms with Gasteiger partial charge in [-0.25, -0.2) is 9.78 Å². The summed E-state index contributed by atoms with van der Waals surface area (Å²) in [5.41, 5.74) is 5.28. The molecule has 4 atom stereocenters. The standard InChI is InChI=1S/C28H35N3O3/c1-18-9-8-12-21(17-18)31-24-16-15-23-22(14-13-19(2)30(23)28(32)34-4)25(24)29-27(31)26(33-3)20-10-6-5-7-11-20/h5-7,10-11,15-16,18-19,21,26H,8-9,12-14,17H2,1-4H3. The van der Waals surface area contributed by atoms with E-state index in [1.165, 1.54) is 20.0 Å². The van der Waals surface area contributed by atoms with Gasteiger partial charge in [-0.15, -0.1) is 0 Å². The molecule has 6 heteroatoms. The molecule has 1 aliphatic heterocycles. The fraction of sp³-hybridized carbons (Fsp3) is 0.500.